The van der Waals surface area contributed by atoms with Crippen molar-refractivity contribution in [1.82, 2.24) is 24.6 Å². The molecule has 3 heterocycles. The third kappa shape index (κ3) is 3.38. The number of fused-ring (bicyclic) bond motifs is 3. The summed E-state index contributed by atoms with van der Waals surface area (Å²) in [7, 11) is 2.17. The van der Waals surface area contributed by atoms with E-state index in [0.717, 1.165) is 61.3 Å². The summed E-state index contributed by atoms with van der Waals surface area (Å²) < 4.78 is 1.85. The number of H-pyrrole nitrogens is 1. The second-order valence-electron chi connectivity index (χ2n) is 7.60. The Kier molecular flexibility index (Phi) is 4.99. The standard InChI is InChI=1S/C20H28N6O/c1-14-18-19(23-22-14)16-12-15(13-25-10-8-24(2)9-11-25)4-5-17(16)26(20(18)27)7-3-6-21/h4-5,12H,3,6-11,13,21H2,1-2H3,(H,22,23). The van der Waals surface area contributed by atoms with Crippen LogP contribution in [-0.4, -0.2) is 64.3 Å². The number of nitrogens with two attached hydrogens (primary N) is 1. The minimum absolute atomic E-state index is 0.0176. The molecule has 144 valence electrons. The van der Waals surface area contributed by atoms with Crippen LogP contribution in [0.15, 0.2) is 23.0 Å². The number of pyridine rings is 1. The van der Waals surface area contributed by atoms with E-state index in [1.54, 1.807) is 0 Å². The summed E-state index contributed by atoms with van der Waals surface area (Å²) in [5.74, 6) is 0. The molecule has 0 atom stereocenters. The summed E-state index contributed by atoms with van der Waals surface area (Å²) >= 11 is 0. The molecule has 2 aromatic heterocycles. The van der Waals surface area contributed by atoms with E-state index in [2.05, 4.69) is 45.2 Å². The second kappa shape index (κ2) is 7.42. The summed E-state index contributed by atoms with van der Waals surface area (Å²) in [5.41, 5.74) is 9.50. The number of piperazine rings is 1. The smallest absolute Gasteiger partial charge is 0.262 e. The van der Waals surface area contributed by atoms with E-state index in [-0.39, 0.29) is 5.56 Å². The Morgan fingerprint density at radius 3 is 2.74 bits per heavy atom. The summed E-state index contributed by atoms with van der Waals surface area (Å²) in [5, 5.41) is 9.17. The molecule has 3 aromatic rings. The zero-order valence-electron chi connectivity index (χ0n) is 16.2. The number of benzene rings is 1. The maximum absolute atomic E-state index is 13.0. The molecule has 1 saturated heterocycles. The van der Waals surface area contributed by atoms with Gasteiger partial charge >= 0.3 is 0 Å². The SMILES string of the molecule is Cc1[nH]nc2c1c(=O)n(CCCN)c1ccc(CN3CCN(C)CC3)cc21. The van der Waals surface area contributed by atoms with Gasteiger partial charge in [0.15, 0.2) is 0 Å². The predicted octanol–water partition coefficient (Wildman–Crippen LogP) is 1.28. The topological polar surface area (TPSA) is 83.2 Å². The van der Waals surface area contributed by atoms with E-state index in [9.17, 15) is 4.79 Å². The Balaban J connectivity index is 1.79. The first-order chi connectivity index (χ1) is 13.1. The van der Waals surface area contributed by atoms with E-state index in [1.807, 2.05) is 11.5 Å². The molecule has 0 aliphatic carbocycles. The summed E-state index contributed by atoms with van der Waals surface area (Å²) in [6.07, 6.45) is 0.778. The summed E-state index contributed by atoms with van der Waals surface area (Å²) in [4.78, 5) is 17.9. The molecule has 3 N–H and O–H groups in total. The van der Waals surface area contributed by atoms with Crippen LogP contribution in [0.3, 0.4) is 0 Å². The van der Waals surface area contributed by atoms with Crippen LogP contribution in [0, 0.1) is 6.92 Å². The lowest BCUT2D eigenvalue weighted by molar-refractivity contribution is 0.148. The van der Waals surface area contributed by atoms with Gasteiger partial charge in [-0.25, -0.2) is 0 Å². The van der Waals surface area contributed by atoms with E-state index in [1.165, 1.54) is 5.56 Å². The monoisotopic (exact) mass is 368 g/mol. The molecule has 1 fully saturated rings. The maximum Gasteiger partial charge on any atom is 0.262 e. The molecule has 0 saturated carbocycles. The molecule has 0 amide bonds. The fraction of sp³-hybridized carbons (Fsp3) is 0.500. The van der Waals surface area contributed by atoms with Crippen molar-refractivity contribution in [2.24, 2.45) is 5.73 Å². The predicted molar refractivity (Wildman–Crippen MR) is 109 cm³/mol. The highest BCUT2D eigenvalue weighted by Gasteiger charge is 2.17. The van der Waals surface area contributed by atoms with Gasteiger partial charge < -0.3 is 15.2 Å². The zero-order valence-corrected chi connectivity index (χ0v) is 16.2. The van der Waals surface area contributed by atoms with Crippen molar-refractivity contribution in [2.75, 3.05) is 39.8 Å². The molecule has 0 bridgehead atoms. The number of nitrogens with one attached hydrogen (secondary N) is 1. The fourth-order valence-electron chi connectivity index (χ4n) is 3.97. The molecule has 0 radical (unpaired) electrons. The highest BCUT2D eigenvalue weighted by atomic mass is 16.1. The van der Waals surface area contributed by atoms with Crippen LogP contribution in [-0.2, 0) is 13.1 Å². The van der Waals surface area contributed by atoms with Crippen molar-refractivity contribution in [3.8, 4) is 0 Å². The number of aromatic nitrogens is 3. The van der Waals surface area contributed by atoms with Crippen LogP contribution in [0.2, 0.25) is 0 Å². The van der Waals surface area contributed by atoms with Crippen LogP contribution in [0.25, 0.3) is 21.8 Å². The Morgan fingerprint density at radius 2 is 2.00 bits per heavy atom. The van der Waals surface area contributed by atoms with Gasteiger partial charge in [0.25, 0.3) is 5.56 Å². The van der Waals surface area contributed by atoms with Gasteiger partial charge in [-0.1, -0.05) is 6.07 Å². The lowest BCUT2D eigenvalue weighted by Gasteiger charge is -2.32. The number of aromatic amines is 1. The van der Waals surface area contributed by atoms with Gasteiger partial charge in [-0.2, -0.15) is 5.10 Å². The second-order valence-corrected chi connectivity index (χ2v) is 7.60. The summed E-state index contributed by atoms with van der Waals surface area (Å²) in [6, 6.07) is 6.42. The highest BCUT2D eigenvalue weighted by Crippen LogP contribution is 2.25. The van der Waals surface area contributed by atoms with Gasteiger partial charge in [-0.3, -0.25) is 14.8 Å². The number of likely N-dealkylation sites (N-methyl/N-ethyl adjacent to an activating group) is 1. The molecule has 27 heavy (non-hydrogen) atoms. The third-order valence-electron chi connectivity index (χ3n) is 5.60. The van der Waals surface area contributed by atoms with E-state index >= 15 is 0 Å². The first-order valence-corrected chi connectivity index (χ1v) is 9.69. The number of rotatable bonds is 5. The molecular formula is C20H28N6O. The molecule has 1 aliphatic heterocycles. The zero-order chi connectivity index (χ0) is 19.0. The molecule has 0 unspecified atom stereocenters. The van der Waals surface area contributed by atoms with Gasteiger partial charge in [0, 0.05) is 50.3 Å². The Labute approximate surface area is 158 Å². The van der Waals surface area contributed by atoms with Gasteiger partial charge in [-0.15, -0.1) is 0 Å². The molecule has 1 aromatic carbocycles. The van der Waals surface area contributed by atoms with Gasteiger partial charge in [-0.05, 0) is 44.6 Å². The van der Waals surface area contributed by atoms with Crippen molar-refractivity contribution in [3.63, 3.8) is 0 Å². The minimum atomic E-state index is 0.0176. The number of nitrogens with zero attached hydrogens (tertiary/aromatic N) is 4. The quantitative estimate of drug-likeness (QED) is 0.709. The average molecular weight is 368 g/mol. The molecule has 7 nitrogen and oxygen atoms in total. The molecule has 7 heteroatoms. The fourth-order valence-corrected chi connectivity index (χ4v) is 3.97. The minimum Gasteiger partial charge on any atom is -0.330 e. The van der Waals surface area contributed by atoms with Crippen LogP contribution >= 0.6 is 0 Å². The van der Waals surface area contributed by atoms with Gasteiger partial charge in [0.05, 0.1) is 10.9 Å². The third-order valence-corrected chi connectivity index (χ3v) is 5.60. The normalized spacial score (nSPS) is 16.6. The number of aryl methyl sites for hydroxylation is 2. The van der Waals surface area contributed by atoms with Crippen molar-refractivity contribution in [3.05, 3.63) is 39.8 Å². The molecular weight excluding hydrogens is 340 g/mol. The molecule has 1 aliphatic rings. The number of hydrogen-bond acceptors (Lipinski definition) is 5. The van der Waals surface area contributed by atoms with E-state index in [4.69, 9.17) is 5.73 Å². The highest BCUT2D eigenvalue weighted by molar-refractivity contribution is 6.04. The first kappa shape index (κ1) is 18.2. The molecule has 0 spiro atoms. The van der Waals surface area contributed by atoms with Gasteiger partial charge in [0.2, 0.25) is 0 Å². The molecule has 4 rings (SSSR count). The maximum atomic E-state index is 13.0. The lowest BCUT2D eigenvalue weighted by Crippen LogP contribution is -2.43. The Bertz CT molecular complexity index is 1010. The lowest BCUT2D eigenvalue weighted by atomic mass is 10.1. The van der Waals surface area contributed by atoms with Crippen molar-refractivity contribution >= 4 is 21.8 Å². The first-order valence-electron chi connectivity index (χ1n) is 9.69. The van der Waals surface area contributed by atoms with Crippen molar-refractivity contribution in [1.29, 1.82) is 0 Å². The largest absolute Gasteiger partial charge is 0.330 e. The summed E-state index contributed by atoms with van der Waals surface area (Å²) in [6.45, 7) is 8.41. The Hall–Kier alpha value is -2.22. The number of hydrogen-bond donors (Lipinski definition) is 2. The average Bonchev–Trinajstić information content (AvgIpc) is 3.06. The van der Waals surface area contributed by atoms with Crippen molar-refractivity contribution < 1.29 is 0 Å². The Morgan fingerprint density at radius 1 is 1.22 bits per heavy atom. The van der Waals surface area contributed by atoms with Crippen LogP contribution in [0.4, 0.5) is 0 Å². The van der Waals surface area contributed by atoms with E-state index < -0.39 is 0 Å². The van der Waals surface area contributed by atoms with Crippen molar-refractivity contribution in [2.45, 2.75) is 26.4 Å². The van der Waals surface area contributed by atoms with Gasteiger partial charge in [0.1, 0.15) is 5.52 Å². The van der Waals surface area contributed by atoms with E-state index in [0.29, 0.717) is 18.5 Å². The van der Waals surface area contributed by atoms with Crippen LogP contribution < -0.4 is 11.3 Å². The van der Waals surface area contributed by atoms with Crippen LogP contribution in [0.1, 0.15) is 17.7 Å². The van der Waals surface area contributed by atoms with Crippen LogP contribution in [0.5, 0.6) is 0 Å².